The Labute approximate surface area is 159 Å². The fourth-order valence-corrected chi connectivity index (χ4v) is 3.02. The van der Waals surface area contributed by atoms with Crippen LogP contribution >= 0.6 is 27.5 Å². The third kappa shape index (κ3) is 5.29. The molecule has 5 nitrogen and oxygen atoms in total. The number of carbonyl (C=O) groups is 2. The van der Waals surface area contributed by atoms with E-state index in [1.165, 1.54) is 7.11 Å². The minimum atomic E-state index is -0.886. The molecule has 0 radical (unpaired) electrons. The molecule has 2 aromatic carbocycles. The number of hydrogen-bond acceptors (Lipinski definition) is 3. The lowest BCUT2D eigenvalue weighted by Gasteiger charge is -2.21. The molecule has 0 heterocycles. The summed E-state index contributed by atoms with van der Waals surface area (Å²) in [6.07, 6.45) is -0.612. The summed E-state index contributed by atoms with van der Waals surface area (Å²) in [6.45, 7) is 0. The molecule has 132 valence electrons. The largest absolute Gasteiger partial charge is 0.368 e. The van der Waals surface area contributed by atoms with Crippen molar-refractivity contribution in [3.63, 3.8) is 0 Å². The van der Waals surface area contributed by atoms with Crippen LogP contribution in [-0.4, -0.2) is 25.0 Å². The highest BCUT2D eigenvalue weighted by atomic mass is 79.9. The molecule has 0 aliphatic rings. The maximum atomic E-state index is 12.5. The van der Waals surface area contributed by atoms with E-state index in [1.807, 2.05) is 18.2 Å². The number of benzene rings is 2. The van der Waals surface area contributed by atoms with Gasteiger partial charge in [-0.15, -0.1) is 0 Å². The molecule has 0 aromatic heterocycles. The number of ether oxygens (including phenoxy) is 1. The second-order valence-corrected chi connectivity index (χ2v) is 6.72. The predicted molar refractivity (Wildman–Crippen MR) is 100 cm³/mol. The monoisotopic (exact) mass is 424 g/mol. The normalized spacial score (nSPS) is 13.1. The first kappa shape index (κ1) is 19.4. The first-order valence-corrected chi connectivity index (χ1v) is 8.71. The molecule has 2 atom stereocenters. The van der Waals surface area contributed by atoms with Gasteiger partial charge < -0.3 is 15.8 Å². The molecule has 2 aromatic rings. The van der Waals surface area contributed by atoms with E-state index in [4.69, 9.17) is 22.1 Å². The maximum absolute atomic E-state index is 12.5. The van der Waals surface area contributed by atoms with Crippen LogP contribution in [0.4, 0.5) is 0 Å². The Morgan fingerprint density at radius 2 is 1.92 bits per heavy atom. The molecule has 0 fully saturated rings. The SMILES string of the molecule is CO[C@H](C(=O)N[C@@H](Cc1cc(Cl)ccc1Br)C(N)=O)c1ccccc1. The van der Waals surface area contributed by atoms with Crippen molar-refractivity contribution in [3.05, 3.63) is 69.2 Å². The number of rotatable bonds is 7. The number of nitrogens with one attached hydrogen (secondary N) is 1. The van der Waals surface area contributed by atoms with Crippen molar-refractivity contribution < 1.29 is 14.3 Å². The number of carbonyl (C=O) groups excluding carboxylic acids is 2. The van der Waals surface area contributed by atoms with Gasteiger partial charge in [0.05, 0.1) is 0 Å². The average Bonchev–Trinajstić information content (AvgIpc) is 2.59. The Hall–Kier alpha value is -1.89. The smallest absolute Gasteiger partial charge is 0.254 e. The van der Waals surface area contributed by atoms with Crippen molar-refractivity contribution in [3.8, 4) is 0 Å². The third-order valence-corrected chi connectivity index (χ3v) is 4.68. The van der Waals surface area contributed by atoms with E-state index >= 15 is 0 Å². The molecule has 7 heteroatoms. The molecule has 2 amide bonds. The third-order valence-electron chi connectivity index (χ3n) is 3.67. The first-order valence-electron chi connectivity index (χ1n) is 7.53. The molecular formula is C18H18BrClN2O3. The maximum Gasteiger partial charge on any atom is 0.254 e. The van der Waals surface area contributed by atoms with Gasteiger partial charge in [0.1, 0.15) is 6.04 Å². The summed E-state index contributed by atoms with van der Waals surface area (Å²) in [5.41, 5.74) is 6.92. The summed E-state index contributed by atoms with van der Waals surface area (Å²) in [5.74, 6) is -1.07. The molecule has 0 bridgehead atoms. The van der Waals surface area contributed by atoms with E-state index in [9.17, 15) is 9.59 Å². The number of methoxy groups -OCH3 is 1. The van der Waals surface area contributed by atoms with Crippen molar-refractivity contribution in [1.82, 2.24) is 5.32 Å². The van der Waals surface area contributed by atoms with Gasteiger partial charge in [-0.2, -0.15) is 0 Å². The zero-order chi connectivity index (χ0) is 18.4. The summed E-state index contributed by atoms with van der Waals surface area (Å²) in [4.78, 5) is 24.4. The average molecular weight is 426 g/mol. The number of halogens is 2. The molecular weight excluding hydrogens is 408 g/mol. The van der Waals surface area contributed by atoms with E-state index in [1.54, 1.807) is 30.3 Å². The van der Waals surface area contributed by atoms with Gasteiger partial charge in [-0.3, -0.25) is 9.59 Å². The second kappa shape index (κ2) is 8.99. The topological polar surface area (TPSA) is 81.4 Å². The van der Waals surface area contributed by atoms with Crippen LogP contribution in [-0.2, 0) is 20.7 Å². The minimum absolute atomic E-state index is 0.216. The molecule has 0 aliphatic heterocycles. The second-order valence-electron chi connectivity index (χ2n) is 5.43. The zero-order valence-electron chi connectivity index (χ0n) is 13.5. The lowest BCUT2D eigenvalue weighted by molar-refractivity contribution is -0.134. The molecule has 0 saturated heterocycles. The molecule has 0 spiro atoms. The Morgan fingerprint density at radius 1 is 1.24 bits per heavy atom. The number of amides is 2. The zero-order valence-corrected chi connectivity index (χ0v) is 15.9. The van der Waals surface area contributed by atoms with E-state index < -0.39 is 24.0 Å². The summed E-state index contributed by atoms with van der Waals surface area (Å²) >= 11 is 9.40. The standard InChI is InChI=1S/C18H18BrClN2O3/c1-25-16(11-5-3-2-4-6-11)18(24)22-15(17(21)23)10-12-9-13(20)7-8-14(12)19/h2-9,15-16H,10H2,1H3,(H2,21,23)(H,22,24)/t15-,16-/m0/s1. The van der Waals surface area contributed by atoms with Gasteiger partial charge in [0.25, 0.3) is 5.91 Å². The van der Waals surface area contributed by atoms with Crippen LogP contribution in [0.3, 0.4) is 0 Å². The molecule has 25 heavy (non-hydrogen) atoms. The van der Waals surface area contributed by atoms with E-state index in [0.717, 1.165) is 10.0 Å². The van der Waals surface area contributed by atoms with E-state index in [0.29, 0.717) is 10.6 Å². The van der Waals surface area contributed by atoms with E-state index in [2.05, 4.69) is 21.2 Å². The Morgan fingerprint density at radius 3 is 2.52 bits per heavy atom. The quantitative estimate of drug-likeness (QED) is 0.715. The highest BCUT2D eigenvalue weighted by Gasteiger charge is 2.26. The molecule has 2 rings (SSSR count). The summed E-state index contributed by atoms with van der Waals surface area (Å²) in [5, 5.41) is 3.19. The van der Waals surface area contributed by atoms with Crippen molar-refractivity contribution in [1.29, 1.82) is 0 Å². The van der Waals surface area contributed by atoms with Crippen molar-refractivity contribution >= 4 is 39.3 Å². The summed E-state index contributed by atoms with van der Waals surface area (Å²) < 4.78 is 6.06. The fraction of sp³-hybridized carbons (Fsp3) is 0.222. The van der Waals surface area contributed by atoms with Gasteiger partial charge in [0.15, 0.2) is 6.10 Å². The number of nitrogens with two attached hydrogens (primary N) is 1. The first-order chi connectivity index (χ1) is 11.9. The van der Waals surface area contributed by atoms with E-state index in [-0.39, 0.29) is 6.42 Å². The number of hydrogen-bond donors (Lipinski definition) is 2. The predicted octanol–water partition coefficient (Wildman–Crippen LogP) is 3.00. The lowest BCUT2D eigenvalue weighted by atomic mass is 10.0. The van der Waals surface area contributed by atoms with Gasteiger partial charge in [-0.05, 0) is 29.3 Å². The van der Waals surface area contributed by atoms with Crippen LogP contribution in [0.1, 0.15) is 17.2 Å². The summed E-state index contributed by atoms with van der Waals surface area (Å²) in [7, 11) is 1.43. The van der Waals surface area contributed by atoms with Crippen molar-refractivity contribution in [2.24, 2.45) is 5.73 Å². The molecule has 0 aliphatic carbocycles. The fourth-order valence-electron chi connectivity index (χ4n) is 2.41. The Balaban J connectivity index is 2.16. The Kier molecular flexibility index (Phi) is 6.99. The highest BCUT2D eigenvalue weighted by Crippen LogP contribution is 2.23. The van der Waals surface area contributed by atoms with Crippen LogP contribution in [0.2, 0.25) is 5.02 Å². The minimum Gasteiger partial charge on any atom is -0.368 e. The van der Waals surface area contributed by atoms with Gasteiger partial charge in [-0.25, -0.2) is 0 Å². The number of primary amides is 1. The van der Waals surface area contributed by atoms with Crippen LogP contribution in [0.15, 0.2) is 53.0 Å². The molecule has 0 unspecified atom stereocenters. The van der Waals surface area contributed by atoms with Gasteiger partial charge in [0, 0.05) is 23.0 Å². The Bertz CT molecular complexity index is 755. The lowest BCUT2D eigenvalue weighted by Crippen LogP contribution is -2.47. The molecule has 3 N–H and O–H groups in total. The summed E-state index contributed by atoms with van der Waals surface area (Å²) in [6, 6.07) is 13.4. The highest BCUT2D eigenvalue weighted by molar-refractivity contribution is 9.10. The van der Waals surface area contributed by atoms with Gasteiger partial charge in [0.2, 0.25) is 5.91 Å². The van der Waals surface area contributed by atoms with Gasteiger partial charge >= 0.3 is 0 Å². The van der Waals surface area contributed by atoms with Crippen LogP contribution in [0.25, 0.3) is 0 Å². The van der Waals surface area contributed by atoms with Crippen LogP contribution in [0.5, 0.6) is 0 Å². The van der Waals surface area contributed by atoms with Gasteiger partial charge in [-0.1, -0.05) is 57.9 Å². The van der Waals surface area contributed by atoms with Crippen molar-refractivity contribution in [2.45, 2.75) is 18.6 Å². The van der Waals surface area contributed by atoms with Crippen LogP contribution < -0.4 is 11.1 Å². The van der Waals surface area contributed by atoms with Crippen LogP contribution in [0, 0.1) is 0 Å². The van der Waals surface area contributed by atoms with Crippen molar-refractivity contribution in [2.75, 3.05) is 7.11 Å². The molecule has 0 saturated carbocycles.